The van der Waals surface area contributed by atoms with Gasteiger partial charge in [-0.2, -0.15) is 0 Å². The molecule has 0 radical (unpaired) electrons. The van der Waals surface area contributed by atoms with Crippen molar-refractivity contribution in [1.29, 1.82) is 0 Å². The van der Waals surface area contributed by atoms with Crippen molar-refractivity contribution in [2.75, 3.05) is 6.54 Å². The molecule has 0 saturated carbocycles. The highest BCUT2D eigenvalue weighted by Crippen LogP contribution is 2.26. The first-order chi connectivity index (χ1) is 6.66. The molecule has 74 valence electrons. The molecule has 3 N–H and O–H groups in total. The molecule has 0 unspecified atom stereocenters. The van der Waals surface area contributed by atoms with Gasteiger partial charge in [0.15, 0.2) is 0 Å². The van der Waals surface area contributed by atoms with Gasteiger partial charge in [-0.3, -0.25) is 0 Å². The number of rotatable bonds is 1. The van der Waals surface area contributed by atoms with Crippen molar-refractivity contribution in [3.8, 4) is 0 Å². The van der Waals surface area contributed by atoms with E-state index in [-0.39, 0.29) is 0 Å². The van der Waals surface area contributed by atoms with Gasteiger partial charge in [0, 0.05) is 17.5 Å². The fourth-order valence-corrected chi connectivity index (χ4v) is 1.95. The normalized spacial score (nSPS) is 20.4. The first-order valence-electron chi connectivity index (χ1n) is 4.64. The topological polar surface area (TPSA) is 38.0 Å². The highest BCUT2D eigenvalue weighted by atomic mass is 35.5. The fraction of sp³-hybridized carbons (Fsp3) is 0.273. The lowest BCUT2D eigenvalue weighted by atomic mass is 9.96. The molecule has 1 aromatic carbocycles. The Hall–Kier alpha value is -1.15. The molecule has 2 rings (SSSR count). The molecule has 1 atom stereocenters. The lowest BCUT2D eigenvalue weighted by Gasteiger charge is -2.11. The molecule has 0 amide bonds. The largest absolute Gasteiger partial charge is 0.386 e. The SMILES string of the molecule is Cc1ccc(Cl)cc1[C@@H]1C=C(N)NC1. The second-order valence-corrected chi connectivity index (χ2v) is 4.05. The second-order valence-electron chi connectivity index (χ2n) is 3.61. The van der Waals surface area contributed by atoms with Crippen LogP contribution in [0.5, 0.6) is 0 Å². The zero-order valence-corrected chi connectivity index (χ0v) is 8.81. The number of aryl methyl sites for hydroxylation is 1. The van der Waals surface area contributed by atoms with Crippen molar-refractivity contribution in [3.63, 3.8) is 0 Å². The minimum Gasteiger partial charge on any atom is -0.386 e. The molecular formula is C11H13ClN2. The van der Waals surface area contributed by atoms with Crippen LogP contribution in [0.3, 0.4) is 0 Å². The molecule has 2 nitrogen and oxygen atoms in total. The Labute approximate surface area is 88.8 Å². The van der Waals surface area contributed by atoms with Crippen LogP contribution in [0.2, 0.25) is 5.02 Å². The van der Waals surface area contributed by atoms with Crippen molar-refractivity contribution < 1.29 is 0 Å². The van der Waals surface area contributed by atoms with Crippen molar-refractivity contribution in [2.45, 2.75) is 12.8 Å². The van der Waals surface area contributed by atoms with E-state index in [2.05, 4.69) is 12.2 Å². The summed E-state index contributed by atoms with van der Waals surface area (Å²) in [5, 5.41) is 3.89. The summed E-state index contributed by atoms with van der Waals surface area (Å²) in [4.78, 5) is 0. The quantitative estimate of drug-likeness (QED) is 0.742. The zero-order valence-electron chi connectivity index (χ0n) is 8.05. The van der Waals surface area contributed by atoms with E-state index < -0.39 is 0 Å². The van der Waals surface area contributed by atoms with Crippen LogP contribution in [-0.4, -0.2) is 6.54 Å². The van der Waals surface area contributed by atoms with Gasteiger partial charge in [-0.15, -0.1) is 0 Å². The Balaban J connectivity index is 2.36. The molecule has 1 heterocycles. The maximum absolute atomic E-state index is 5.96. The number of benzene rings is 1. The van der Waals surface area contributed by atoms with Gasteiger partial charge in [-0.1, -0.05) is 17.7 Å². The number of nitrogens with two attached hydrogens (primary N) is 1. The van der Waals surface area contributed by atoms with Gasteiger partial charge >= 0.3 is 0 Å². The molecule has 0 fully saturated rings. The van der Waals surface area contributed by atoms with Crippen LogP contribution in [0.1, 0.15) is 17.0 Å². The Morgan fingerprint density at radius 2 is 2.29 bits per heavy atom. The first kappa shape index (κ1) is 9.41. The van der Waals surface area contributed by atoms with E-state index in [0.29, 0.717) is 5.92 Å². The van der Waals surface area contributed by atoms with Gasteiger partial charge < -0.3 is 11.1 Å². The molecule has 0 aliphatic carbocycles. The van der Waals surface area contributed by atoms with E-state index in [1.165, 1.54) is 11.1 Å². The van der Waals surface area contributed by atoms with E-state index in [1.807, 2.05) is 24.3 Å². The van der Waals surface area contributed by atoms with E-state index in [4.69, 9.17) is 17.3 Å². The summed E-state index contributed by atoms with van der Waals surface area (Å²) >= 11 is 5.96. The minimum atomic E-state index is 0.355. The Morgan fingerprint density at radius 1 is 1.50 bits per heavy atom. The van der Waals surface area contributed by atoms with Crippen LogP contribution in [0, 0.1) is 6.92 Å². The Kier molecular flexibility index (Phi) is 2.38. The standard InChI is InChI=1S/C11H13ClN2/c1-7-2-3-9(12)5-10(7)8-4-11(13)14-6-8/h2-5,8,14H,6,13H2,1H3/t8-/m1/s1. The molecule has 0 bridgehead atoms. The van der Waals surface area contributed by atoms with Gasteiger partial charge in [-0.25, -0.2) is 0 Å². The molecule has 1 aliphatic rings. The second kappa shape index (κ2) is 3.54. The maximum atomic E-state index is 5.96. The maximum Gasteiger partial charge on any atom is 0.0926 e. The van der Waals surface area contributed by atoms with Crippen LogP contribution in [-0.2, 0) is 0 Å². The Morgan fingerprint density at radius 3 is 2.93 bits per heavy atom. The van der Waals surface area contributed by atoms with Crippen LogP contribution >= 0.6 is 11.6 Å². The Bertz CT molecular complexity index is 385. The van der Waals surface area contributed by atoms with Crippen LogP contribution < -0.4 is 11.1 Å². The lowest BCUT2D eigenvalue weighted by molar-refractivity contribution is 0.787. The monoisotopic (exact) mass is 208 g/mol. The van der Waals surface area contributed by atoms with Crippen LogP contribution in [0.25, 0.3) is 0 Å². The van der Waals surface area contributed by atoms with Gasteiger partial charge in [0.25, 0.3) is 0 Å². The van der Waals surface area contributed by atoms with Gasteiger partial charge in [0.2, 0.25) is 0 Å². The van der Waals surface area contributed by atoms with E-state index in [1.54, 1.807) is 0 Å². The number of nitrogens with one attached hydrogen (secondary N) is 1. The van der Waals surface area contributed by atoms with Crippen molar-refractivity contribution >= 4 is 11.6 Å². The molecule has 1 aliphatic heterocycles. The minimum absolute atomic E-state index is 0.355. The fourth-order valence-electron chi connectivity index (χ4n) is 1.77. The molecule has 3 heteroatoms. The summed E-state index contributed by atoms with van der Waals surface area (Å²) in [6.45, 7) is 2.96. The average Bonchev–Trinajstić information content (AvgIpc) is 2.56. The molecule has 14 heavy (non-hydrogen) atoms. The van der Waals surface area contributed by atoms with Gasteiger partial charge in [-0.05, 0) is 36.3 Å². The number of hydrogen-bond acceptors (Lipinski definition) is 2. The summed E-state index contributed by atoms with van der Waals surface area (Å²) in [6.07, 6.45) is 2.04. The predicted molar refractivity (Wildman–Crippen MR) is 59.2 cm³/mol. The number of halogens is 1. The van der Waals surface area contributed by atoms with Crippen molar-refractivity contribution in [2.24, 2.45) is 5.73 Å². The molecular weight excluding hydrogens is 196 g/mol. The van der Waals surface area contributed by atoms with Crippen LogP contribution in [0.4, 0.5) is 0 Å². The van der Waals surface area contributed by atoms with Crippen molar-refractivity contribution in [1.82, 2.24) is 5.32 Å². The molecule has 0 spiro atoms. The lowest BCUT2D eigenvalue weighted by Crippen LogP contribution is -2.16. The van der Waals surface area contributed by atoms with E-state index in [0.717, 1.165) is 17.4 Å². The van der Waals surface area contributed by atoms with Crippen molar-refractivity contribution in [3.05, 3.63) is 46.2 Å². The smallest absolute Gasteiger partial charge is 0.0926 e. The average molecular weight is 209 g/mol. The van der Waals surface area contributed by atoms with Gasteiger partial charge in [0.05, 0.1) is 5.82 Å². The van der Waals surface area contributed by atoms with Crippen LogP contribution in [0.15, 0.2) is 30.1 Å². The highest BCUT2D eigenvalue weighted by Gasteiger charge is 2.17. The third kappa shape index (κ3) is 1.70. The molecule has 1 aromatic rings. The van der Waals surface area contributed by atoms with E-state index in [9.17, 15) is 0 Å². The highest BCUT2D eigenvalue weighted by molar-refractivity contribution is 6.30. The molecule has 0 saturated heterocycles. The summed E-state index contributed by atoms with van der Waals surface area (Å²) in [7, 11) is 0. The van der Waals surface area contributed by atoms with Gasteiger partial charge in [0.1, 0.15) is 0 Å². The third-order valence-electron chi connectivity index (χ3n) is 2.55. The first-order valence-corrected chi connectivity index (χ1v) is 5.02. The van der Waals surface area contributed by atoms with E-state index >= 15 is 0 Å². The summed E-state index contributed by atoms with van der Waals surface area (Å²) < 4.78 is 0. The molecule has 0 aromatic heterocycles. The summed E-state index contributed by atoms with van der Waals surface area (Å²) in [6, 6.07) is 5.97. The zero-order chi connectivity index (χ0) is 10.1. The summed E-state index contributed by atoms with van der Waals surface area (Å²) in [5.41, 5.74) is 8.18. The number of hydrogen-bond donors (Lipinski definition) is 2. The summed E-state index contributed by atoms with van der Waals surface area (Å²) in [5.74, 6) is 1.11. The third-order valence-corrected chi connectivity index (χ3v) is 2.78. The predicted octanol–water partition coefficient (Wildman–Crippen LogP) is 2.14.